The molecule has 8 heteroatoms. The fraction of sp³-hybridized carbons (Fsp3) is 0.286. The Balaban J connectivity index is 1.38. The average Bonchev–Trinajstić information content (AvgIpc) is 3.04. The summed E-state index contributed by atoms with van der Waals surface area (Å²) in [6.07, 6.45) is 1.51. The van der Waals surface area contributed by atoms with E-state index in [1.165, 1.54) is 35.8 Å². The zero-order valence-electron chi connectivity index (χ0n) is 15.7. The molecule has 1 fully saturated rings. The van der Waals surface area contributed by atoms with Crippen LogP contribution in [0.3, 0.4) is 0 Å². The first-order valence-electron chi connectivity index (χ1n) is 9.45. The number of amides is 1. The highest BCUT2D eigenvalue weighted by atomic mass is 35.5. The number of hydrogen-bond donors (Lipinski definition) is 0. The quantitative estimate of drug-likeness (QED) is 0.620. The Morgan fingerprint density at radius 1 is 1.03 bits per heavy atom. The second kappa shape index (κ2) is 8.88. The van der Waals surface area contributed by atoms with E-state index >= 15 is 0 Å². The van der Waals surface area contributed by atoms with Crippen LogP contribution in [0.2, 0.25) is 5.02 Å². The fourth-order valence-electron chi connectivity index (χ4n) is 3.32. The molecule has 29 heavy (non-hydrogen) atoms. The average molecular weight is 431 g/mol. The lowest BCUT2D eigenvalue weighted by Crippen LogP contribution is -2.35. The number of hydrogen-bond acceptors (Lipinski definition) is 5. The molecule has 0 atom stereocenters. The van der Waals surface area contributed by atoms with Crippen LogP contribution in [0.15, 0.2) is 48.5 Å². The summed E-state index contributed by atoms with van der Waals surface area (Å²) in [5.74, 6) is 0.387. The van der Waals surface area contributed by atoms with Crippen molar-refractivity contribution in [2.24, 2.45) is 0 Å². The van der Waals surface area contributed by atoms with E-state index < -0.39 is 0 Å². The molecule has 3 aromatic rings. The summed E-state index contributed by atoms with van der Waals surface area (Å²) in [5.41, 5.74) is 1.63. The van der Waals surface area contributed by atoms with Gasteiger partial charge in [-0.25, -0.2) is 9.37 Å². The first kappa shape index (κ1) is 19.8. The van der Waals surface area contributed by atoms with E-state index in [1.807, 2.05) is 29.2 Å². The van der Waals surface area contributed by atoms with Crippen LogP contribution in [-0.4, -0.2) is 46.3 Å². The molecule has 0 N–H and O–H groups in total. The van der Waals surface area contributed by atoms with Crippen LogP contribution in [0, 0.1) is 5.82 Å². The van der Waals surface area contributed by atoms with Gasteiger partial charge in [-0.05, 0) is 48.4 Å². The lowest BCUT2D eigenvalue weighted by Gasteiger charge is -2.21. The van der Waals surface area contributed by atoms with Crippen LogP contribution in [0.5, 0.6) is 0 Å². The number of anilines is 1. The Labute approximate surface area is 177 Å². The highest BCUT2D eigenvalue weighted by Gasteiger charge is 2.22. The van der Waals surface area contributed by atoms with E-state index in [1.54, 1.807) is 0 Å². The van der Waals surface area contributed by atoms with Crippen molar-refractivity contribution in [3.05, 3.63) is 76.3 Å². The van der Waals surface area contributed by atoms with Gasteiger partial charge in [-0.1, -0.05) is 23.7 Å². The Morgan fingerprint density at radius 2 is 1.79 bits per heavy atom. The first-order valence-corrected chi connectivity index (χ1v) is 10.6. The van der Waals surface area contributed by atoms with Gasteiger partial charge in [0.15, 0.2) is 0 Å². The maximum absolute atomic E-state index is 13.1. The smallest absolute Gasteiger partial charge is 0.253 e. The largest absolute Gasteiger partial charge is 0.345 e. The molecule has 1 aromatic heterocycles. The molecule has 4 rings (SSSR count). The van der Waals surface area contributed by atoms with Crippen molar-refractivity contribution in [3.63, 3.8) is 0 Å². The number of rotatable bonds is 4. The van der Waals surface area contributed by atoms with Gasteiger partial charge >= 0.3 is 0 Å². The molecule has 0 radical (unpaired) electrons. The van der Waals surface area contributed by atoms with E-state index in [0.29, 0.717) is 36.6 Å². The topological polar surface area (TPSA) is 49.3 Å². The molecular weight excluding hydrogens is 411 g/mol. The molecule has 0 aliphatic carbocycles. The van der Waals surface area contributed by atoms with Crippen LogP contribution < -0.4 is 4.90 Å². The number of aromatic nitrogens is 2. The maximum Gasteiger partial charge on any atom is 0.253 e. The van der Waals surface area contributed by atoms with Gasteiger partial charge in [0.25, 0.3) is 5.91 Å². The summed E-state index contributed by atoms with van der Waals surface area (Å²) in [5, 5.41) is 1.59. The maximum atomic E-state index is 13.1. The summed E-state index contributed by atoms with van der Waals surface area (Å²) in [7, 11) is 0. The minimum Gasteiger partial charge on any atom is -0.345 e. The van der Waals surface area contributed by atoms with Crippen molar-refractivity contribution in [3.8, 4) is 0 Å². The highest BCUT2D eigenvalue weighted by molar-refractivity contribution is 7.09. The summed E-state index contributed by atoms with van der Waals surface area (Å²) in [6, 6.07) is 13.4. The van der Waals surface area contributed by atoms with Gasteiger partial charge in [-0.2, -0.15) is 4.37 Å². The van der Waals surface area contributed by atoms with Gasteiger partial charge in [-0.3, -0.25) is 4.79 Å². The molecule has 150 valence electrons. The molecule has 2 heterocycles. The SMILES string of the molecule is O=C(c1ccc(F)cc1)N1CCCN(c2nc(Cc3ccc(Cl)cc3)ns2)CC1. The lowest BCUT2D eigenvalue weighted by molar-refractivity contribution is 0.0767. The van der Waals surface area contributed by atoms with Crippen molar-refractivity contribution in [1.29, 1.82) is 0 Å². The Morgan fingerprint density at radius 3 is 2.55 bits per heavy atom. The summed E-state index contributed by atoms with van der Waals surface area (Å²) < 4.78 is 17.6. The van der Waals surface area contributed by atoms with Gasteiger partial charge in [0.05, 0.1) is 0 Å². The van der Waals surface area contributed by atoms with Crippen molar-refractivity contribution < 1.29 is 9.18 Å². The van der Waals surface area contributed by atoms with Crippen molar-refractivity contribution >= 4 is 34.2 Å². The summed E-state index contributed by atoms with van der Waals surface area (Å²) in [4.78, 5) is 21.4. The molecule has 1 aliphatic rings. The van der Waals surface area contributed by atoms with E-state index in [4.69, 9.17) is 11.6 Å². The van der Waals surface area contributed by atoms with Gasteiger partial charge in [-0.15, -0.1) is 0 Å². The Hall–Kier alpha value is -2.51. The molecule has 1 aliphatic heterocycles. The molecule has 2 aromatic carbocycles. The second-order valence-corrected chi connectivity index (χ2v) is 8.10. The molecule has 0 bridgehead atoms. The van der Waals surface area contributed by atoms with E-state index in [9.17, 15) is 9.18 Å². The second-order valence-electron chi connectivity index (χ2n) is 6.94. The third-order valence-electron chi connectivity index (χ3n) is 4.88. The van der Waals surface area contributed by atoms with Crippen LogP contribution in [0.25, 0.3) is 0 Å². The molecule has 1 saturated heterocycles. The highest BCUT2D eigenvalue weighted by Crippen LogP contribution is 2.21. The molecule has 0 spiro atoms. The number of halogens is 2. The number of carbonyl (C=O) groups is 1. The molecule has 1 amide bonds. The van der Waals surface area contributed by atoms with Crippen molar-refractivity contribution in [2.45, 2.75) is 12.8 Å². The fourth-order valence-corrected chi connectivity index (χ4v) is 4.18. The van der Waals surface area contributed by atoms with Crippen molar-refractivity contribution in [2.75, 3.05) is 31.1 Å². The van der Waals surface area contributed by atoms with Crippen molar-refractivity contribution in [1.82, 2.24) is 14.3 Å². The minimum absolute atomic E-state index is 0.0625. The predicted molar refractivity (Wildman–Crippen MR) is 113 cm³/mol. The molecule has 0 unspecified atom stereocenters. The first-order chi connectivity index (χ1) is 14.1. The normalized spacial score (nSPS) is 14.7. The van der Waals surface area contributed by atoms with Crippen LogP contribution in [-0.2, 0) is 6.42 Å². The van der Waals surface area contributed by atoms with E-state index in [0.717, 1.165) is 29.5 Å². The summed E-state index contributed by atoms with van der Waals surface area (Å²) >= 11 is 7.32. The van der Waals surface area contributed by atoms with E-state index in [-0.39, 0.29) is 11.7 Å². The lowest BCUT2D eigenvalue weighted by atomic mass is 10.1. The number of nitrogens with zero attached hydrogens (tertiary/aromatic N) is 4. The predicted octanol–water partition coefficient (Wildman–Crippen LogP) is 4.27. The van der Waals surface area contributed by atoms with Crippen LogP contribution in [0.4, 0.5) is 9.52 Å². The monoisotopic (exact) mass is 430 g/mol. The molecule has 0 saturated carbocycles. The van der Waals surface area contributed by atoms with Gasteiger partial charge in [0.1, 0.15) is 11.6 Å². The minimum atomic E-state index is -0.339. The zero-order valence-corrected chi connectivity index (χ0v) is 17.3. The van der Waals surface area contributed by atoms with Crippen LogP contribution in [0.1, 0.15) is 28.2 Å². The van der Waals surface area contributed by atoms with Gasteiger partial charge in [0, 0.05) is 54.7 Å². The van der Waals surface area contributed by atoms with Gasteiger partial charge in [0.2, 0.25) is 5.13 Å². The molecular formula is C21H20ClFN4OS. The molecule has 5 nitrogen and oxygen atoms in total. The number of carbonyl (C=O) groups excluding carboxylic acids is 1. The van der Waals surface area contributed by atoms with E-state index in [2.05, 4.69) is 14.3 Å². The number of benzene rings is 2. The standard InChI is InChI=1S/C21H20ClFN4OS/c22-17-6-2-15(3-7-17)14-19-24-21(29-25-19)27-11-1-10-26(12-13-27)20(28)16-4-8-18(23)9-5-16/h2-9H,1,10-14H2. The van der Waals surface area contributed by atoms with Crippen LogP contribution >= 0.6 is 23.1 Å². The summed E-state index contributed by atoms with van der Waals surface area (Å²) in [6.45, 7) is 2.79. The Bertz CT molecular complexity index is 977. The zero-order chi connectivity index (χ0) is 20.2. The van der Waals surface area contributed by atoms with Gasteiger partial charge < -0.3 is 9.80 Å². The third kappa shape index (κ3) is 4.92. The third-order valence-corrected chi connectivity index (χ3v) is 5.94. The Kier molecular flexibility index (Phi) is 6.06.